The Labute approximate surface area is 179 Å². The van der Waals surface area contributed by atoms with E-state index in [2.05, 4.69) is 60.1 Å². The summed E-state index contributed by atoms with van der Waals surface area (Å²) in [6, 6.07) is 14.6. The third kappa shape index (κ3) is 4.37. The normalized spacial score (nSPS) is 14.9. The molecule has 1 aromatic heterocycles. The largest absolute Gasteiger partial charge is 0.481 e. The fourth-order valence-corrected chi connectivity index (χ4v) is 4.87. The lowest BCUT2D eigenvalue weighted by atomic mass is 9.99. The lowest BCUT2D eigenvalue weighted by Crippen LogP contribution is -2.49. The number of likely N-dealkylation sites (tertiary alicyclic amines) is 1. The molecule has 0 spiro atoms. The van der Waals surface area contributed by atoms with Crippen LogP contribution in [0, 0.1) is 5.92 Å². The van der Waals surface area contributed by atoms with E-state index in [4.69, 9.17) is 16.7 Å². The molecule has 0 amide bonds. The van der Waals surface area contributed by atoms with Crippen molar-refractivity contribution in [3.05, 3.63) is 64.8 Å². The number of carbonyl (C=O) groups is 1. The number of halogens is 1. The summed E-state index contributed by atoms with van der Waals surface area (Å²) in [5.41, 5.74) is 4.52. The van der Waals surface area contributed by atoms with Gasteiger partial charge in [0.15, 0.2) is 0 Å². The minimum atomic E-state index is -0.698. The van der Waals surface area contributed by atoms with Gasteiger partial charge in [-0.05, 0) is 28.7 Å². The van der Waals surface area contributed by atoms with Crippen LogP contribution in [0.4, 0.5) is 0 Å². The first kappa shape index (κ1) is 20.1. The molecular weight excluding hydrogens is 404 g/mol. The predicted octanol–water partition coefficient (Wildman–Crippen LogP) is 5.77. The number of hydrogen-bond donors (Lipinski definition) is 1. The molecule has 0 saturated carbocycles. The van der Waals surface area contributed by atoms with Crippen LogP contribution in [0.15, 0.2) is 48.7 Å². The molecular formula is C23H23ClN2O2S. The molecule has 4 rings (SSSR count). The summed E-state index contributed by atoms with van der Waals surface area (Å²) < 4.78 is 0. The highest BCUT2D eigenvalue weighted by Crippen LogP contribution is 2.35. The van der Waals surface area contributed by atoms with Gasteiger partial charge in [0.2, 0.25) is 0 Å². The molecule has 0 aliphatic carbocycles. The highest BCUT2D eigenvalue weighted by atomic mass is 35.5. The summed E-state index contributed by atoms with van der Waals surface area (Å²) in [5, 5.41) is 10.8. The number of thiazole rings is 1. The van der Waals surface area contributed by atoms with Crippen LogP contribution in [0.1, 0.15) is 30.9 Å². The molecule has 2 heterocycles. The first-order chi connectivity index (χ1) is 13.9. The fourth-order valence-electron chi connectivity index (χ4n) is 3.56. The highest BCUT2D eigenvalue weighted by molar-refractivity contribution is 7.18. The van der Waals surface area contributed by atoms with E-state index >= 15 is 0 Å². The fraction of sp³-hybridized carbons (Fsp3) is 0.304. The Balaban J connectivity index is 1.44. The van der Waals surface area contributed by atoms with Crippen molar-refractivity contribution in [1.82, 2.24) is 9.88 Å². The van der Waals surface area contributed by atoms with E-state index < -0.39 is 5.97 Å². The maximum atomic E-state index is 10.9. The van der Waals surface area contributed by atoms with E-state index in [0.29, 0.717) is 19.0 Å². The topological polar surface area (TPSA) is 53.4 Å². The minimum Gasteiger partial charge on any atom is -0.481 e. The van der Waals surface area contributed by atoms with Crippen molar-refractivity contribution in [2.45, 2.75) is 26.3 Å². The second-order valence-electron chi connectivity index (χ2n) is 7.85. The quantitative estimate of drug-likeness (QED) is 0.543. The lowest BCUT2D eigenvalue weighted by molar-refractivity contribution is -0.147. The predicted molar refractivity (Wildman–Crippen MR) is 118 cm³/mol. The Bertz CT molecular complexity index is 1020. The van der Waals surface area contributed by atoms with E-state index in [1.54, 1.807) is 11.3 Å². The number of benzene rings is 2. The molecule has 1 fully saturated rings. The van der Waals surface area contributed by atoms with Crippen molar-refractivity contribution in [3.8, 4) is 21.0 Å². The van der Waals surface area contributed by atoms with Crippen LogP contribution >= 0.6 is 22.9 Å². The minimum absolute atomic E-state index is 0.217. The van der Waals surface area contributed by atoms with Gasteiger partial charge in [-0.3, -0.25) is 9.69 Å². The van der Waals surface area contributed by atoms with Crippen molar-refractivity contribution >= 4 is 28.9 Å². The molecule has 0 radical (unpaired) electrons. The van der Waals surface area contributed by atoms with E-state index in [-0.39, 0.29) is 5.92 Å². The van der Waals surface area contributed by atoms with Gasteiger partial charge in [-0.2, -0.15) is 0 Å². The van der Waals surface area contributed by atoms with Crippen LogP contribution in [-0.4, -0.2) is 34.0 Å². The summed E-state index contributed by atoms with van der Waals surface area (Å²) in [6.07, 6.45) is 1.90. The second-order valence-corrected chi connectivity index (χ2v) is 9.28. The Morgan fingerprint density at radius 1 is 1.21 bits per heavy atom. The molecule has 6 heteroatoms. The van der Waals surface area contributed by atoms with Crippen LogP contribution in [0.5, 0.6) is 0 Å². The van der Waals surface area contributed by atoms with Crippen LogP contribution in [0.2, 0.25) is 5.02 Å². The van der Waals surface area contributed by atoms with Gasteiger partial charge in [-0.1, -0.05) is 61.8 Å². The van der Waals surface area contributed by atoms with Gasteiger partial charge in [-0.25, -0.2) is 4.98 Å². The van der Waals surface area contributed by atoms with E-state index in [0.717, 1.165) is 38.1 Å². The molecule has 0 atom stereocenters. The van der Waals surface area contributed by atoms with E-state index in [1.165, 1.54) is 5.56 Å². The monoisotopic (exact) mass is 426 g/mol. The molecule has 4 nitrogen and oxygen atoms in total. The number of aliphatic carboxylic acids is 1. The molecule has 2 aromatic carbocycles. The van der Waals surface area contributed by atoms with Gasteiger partial charge in [0.25, 0.3) is 0 Å². The van der Waals surface area contributed by atoms with Gasteiger partial charge in [-0.15, -0.1) is 11.3 Å². The van der Waals surface area contributed by atoms with Crippen molar-refractivity contribution in [3.63, 3.8) is 0 Å². The molecule has 1 saturated heterocycles. The second kappa shape index (κ2) is 8.27. The van der Waals surface area contributed by atoms with Crippen molar-refractivity contribution < 1.29 is 9.90 Å². The number of rotatable bonds is 6. The molecule has 0 unspecified atom stereocenters. The van der Waals surface area contributed by atoms with Gasteiger partial charge < -0.3 is 5.11 Å². The Kier molecular flexibility index (Phi) is 5.72. The maximum Gasteiger partial charge on any atom is 0.309 e. The SMILES string of the molecule is CC(C)c1ccc(-c2cnc(-c3ccc(CN4CC(C(=O)O)C4)cc3)s2)cc1Cl. The van der Waals surface area contributed by atoms with Crippen LogP contribution in [0.25, 0.3) is 21.0 Å². The van der Waals surface area contributed by atoms with E-state index in [9.17, 15) is 4.79 Å². The van der Waals surface area contributed by atoms with Crippen molar-refractivity contribution in [1.29, 1.82) is 0 Å². The average Bonchev–Trinajstić information content (AvgIpc) is 3.14. The summed E-state index contributed by atoms with van der Waals surface area (Å²) in [4.78, 5) is 18.8. The Hall–Kier alpha value is -2.21. The number of carboxylic acids is 1. The summed E-state index contributed by atoms with van der Waals surface area (Å²) in [6.45, 7) is 6.33. The maximum absolute atomic E-state index is 10.9. The molecule has 29 heavy (non-hydrogen) atoms. The van der Waals surface area contributed by atoms with Gasteiger partial charge in [0.05, 0.1) is 10.8 Å². The smallest absolute Gasteiger partial charge is 0.309 e. The Morgan fingerprint density at radius 3 is 2.52 bits per heavy atom. The molecule has 0 bridgehead atoms. The van der Waals surface area contributed by atoms with Crippen LogP contribution in [-0.2, 0) is 11.3 Å². The number of nitrogens with zero attached hydrogens (tertiary/aromatic N) is 2. The van der Waals surface area contributed by atoms with Gasteiger partial charge >= 0.3 is 5.97 Å². The number of hydrogen-bond acceptors (Lipinski definition) is 4. The zero-order valence-electron chi connectivity index (χ0n) is 16.4. The summed E-state index contributed by atoms with van der Waals surface area (Å²) in [7, 11) is 0. The molecule has 1 aliphatic heterocycles. The van der Waals surface area contributed by atoms with Gasteiger partial charge in [0.1, 0.15) is 5.01 Å². The van der Waals surface area contributed by atoms with Gasteiger partial charge in [0, 0.05) is 36.4 Å². The molecule has 3 aromatic rings. The third-order valence-electron chi connectivity index (χ3n) is 5.33. The molecule has 150 valence electrons. The Morgan fingerprint density at radius 2 is 1.90 bits per heavy atom. The zero-order valence-corrected chi connectivity index (χ0v) is 18.0. The van der Waals surface area contributed by atoms with E-state index in [1.807, 2.05) is 12.3 Å². The first-order valence-corrected chi connectivity index (χ1v) is 10.9. The lowest BCUT2D eigenvalue weighted by Gasteiger charge is -2.36. The van der Waals surface area contributed by atoms with Crippen molar-refractivity contribution in [2.24, 2.45) is 5.92 Å². The van der Waals surface area contributed by atoms with Crippen molar-refractivity contribution in [2.75, 3.05) is 13.1 Å². The molecule has 1 N–H and O–H groups in total. The van der Waals surface area contributed by atoms with Crippen LogP contribution in [0.3, 0.4) is 0 Å². The summed E-state index contributed by atoms with van der Waals surface area (Å²) in [5.74, 6) is -0.513. The number of aromatic nitrogens is 1. The van der Waals surface area contributed by atoms with Crippen LogP contribution < -0.4 is 0 Å². The summed E-state index contributed by atoms with van der Waals surface area (Å²) >= 11 is 8.10. The first-order valence-electron chi connectivity index (χ1n) is 9.71. The average molecular weight is 427 g/mol. The standard InChI is InChI=1S/C23H23ClN2O2S/c1-14(2)19-8-7-17(9-20(19)24)21-10-25-22(29-21)16-5-3-15(4-6-16)11-26-12-18(13-26)23(27)28/h3-10,14,18H,11-13H2,1-2H3,(H,27,28). The third-order valence-corrected chi connectivity index (χ3v) is 6.75. The number of carboxylic acid groups (broad SMARTS) is 1. The zero-order chi connectivity index (χ0) is 20.5. The highest BCUT2D eigenvalue weighted by Gasteiger charge is 2.32. The molecule has 1 aliphatic rings.